The van der Waals surface area contributed by atoms with Crippen LogP contribution in [0.25, 0.3) is 0 Å². The first-order valence-corrected chi connectivity index (χ1v) is 7.35. The molecule has 1 amide bonds. The maximum absolute atomic E-state index is 12.0. The lowest BCUT2D eigenvalue weighted by Gasteiger charge is -2.35. The highest BCUT2D eigenvalue weighted by Gasteiger charge is 2.19. The molecule has 1 heterocycles. The molecule has 0 aromatic heterocycles. The summed E-state index contributed by atoms with van der Waals surface area (Å²) in [6.07, 6.45) is 6.47. The first-order chi connectivity index (χ1) is 9.84. The van der Waals surface area contributed by atoms with Gasteiger partial charge in [-0.25, -0.2) is 0 Å². The molecule has 0 unspecified atom stereocenters. The van der Waals surface area contributed by atoms with Gasteiger partial charge < -0.3 is 10.2 Å². The van der Waals surface area contributed by atoms with Gasteiger partial charge in [-0.3, -0.25) is 4.79 Å². The molecule has 0 aliphatic carbocycles. The molecule has 112 valence electrons. The van der Waals surface area contributed by atoms with Crippen molar-refractivity contribution in [2.75, 3.05) is 6.54 Å². The van der Waals surface area contributed by atoms with Crippen LogP contribution in [0.5, 0.6) is 0 Å². The molecule has 0 saturated carbocycles. The van der Waals surface area contributed by atoms with Crippen molar-refractivity contribution >= 4 is 5.91 Å². The molecule has 1 aliphatic rings. The Balaban J connectivity index is 1.88. The van der Waals surface area contributed by atoms with Gasteiger partial charge in [-0.2, -0.15) is 0 Å². The first-order valence-electron chi connectivity index (χ1n) is 7.35. The lowest BCUT2D eigenvalue weighted by atomic mass is 10.1. The Labute approximate surface area is 127 Å². The normalized spacial score (nSPS) is 14.9. The second-order valence-electron chi connectivity index (χ2n) is 6.51. The van der Waals surface area contributed by atoms with Crippen LogP contribution in [0.2, 0.25) is 0 Å². The Morgan fingerprint density at radius 1 is 1.24 bits per heavy atom. The number of allylic oxidation sites excluding steroid dienone is 1. The Hall–Kier alpha value is -2.03. The second kappa shape index (κ2) is 6.17. The minimum absolute atomic E-state index is 0.0268. The summed E-state index contributed by atoms with van der Waals surface area (Å²) in [6, 6.07) is 8.07. The van der Waals surface area contributed by atoms with Gasteiger partial charge in [0.25, 0.3) is 0 Å². The largest absolute Gasteiger partial charge is 0.369 e. The highest BCUT2D eigenvalue weighted by atomic mass is 16.1. The van der Waals surface area contributed by atoms with Crippen LogP contribution in [0.15, 0.2) is 48.3 Å². The molecule has 1 aromatic carbocycles. The van der Waals surface area contributed by atoms with Crippen LogP contribution < -0.4 is 5.32 Å². The predicted octanol–water partition coefficient (Wildman–Crippen LogP) is 3.17. The number of benzene rings is 1. The van der Waals surface area contributed by atoms with Crippen LogP contribution in [0, 0.1) is 6.92 Å². The summed E-state index contributed by atoms with van der Waals surface area (Å²) >= 11 is 0. The number of nitrogens with one attached hydrogen (secondary N) is 1. The highest BCUT2D eigenvalue weighted by Crippen LogP contribution is 2.17. The average molecular weight is 284 g/mol. The van der Waals surface area contributed by atoms with Crippen molar-refractivity contribution < 1.29 is 4.79 Å². The van der Waals surface area contributed by atoms with E-state index in [9.17, 15) is 4.79 Å². The zero-order valence-electron chi connectivity index (χ0n) is 13.3. The molecule has 1 aliphatic heterocycles. The molecule has 0 spiro atoms. The lowest BCUT2D eigenvalue weighted by Crippen LogP contribution is -2.39. The van der Waals surface area contributed by atoms with Gasteiger partial charge in [-0.1, -0.05) is 29.8 Å². The SMILES string of the molecule is Cc1ccc(CC(=O)NC2=CCN(C(C)(C)C)C=C2)cc1. The van der Waals surface area contributed by atoms with Crippen molar-refractivity contribution in [1.29, 1.82) is 0 Å². The summed E-state index contributed by atoms with van der Waals surface area (Å²) in [5.74, 6) is 0.0268. The third kappa shape index (κ3) is 4.48. The zero-order chi connectivity index (χ0) is 15.5. The molecule has 3 heteroatoms. The fraction of sp³-hybridized carbons (Fsp3) is 0.389. The van der Waals surface area contributed by atoms with E-state index in [0.717, 1.165) is 17.8 Å². The van der Waals surface area contributed by atoms with E-state index in [1.54, 1.807) is 0 Å². The summed E-state index contributed by atoms with van der Waals surface area (Å²) < 4.78 is 0. The van der Waals surface area contributed by atoms with Gasteiger partial charge in [-0.05, 0) is 45.4 Å². The fourth-order valence-corrected chi connectivity index (χ4v) is 2.18. The van der Waals surface area contributed by atoms with E-state index >= 15 is 0 Å². The summed E-state index contributed by atoms with van der Waals surface area (Å²) in [4.78, 5) is 14.3. The summed E-state index contributed by atoms with van der Waals surface area (Å²) in [7, 11) is 0. The number of carbonyl (C=O) groups is 1. The number of rotatable bonds is 3. The van der Waals surface area contributed by atoms with E-state index in [2.05, 4.69) is 37.1 Å². The van der Waals surface area contributed by atoms with E-state index in [1.807, 2.05) is 43.5 Å². The van der Waals surface area contributed by atoms with Gasteiger partial charge in [0.05, 0.1) is 6.42 Å². The van der Waals surface area contributed by atoms with Gasteiger partial charge >= 0.3 is 0 Å². The highest BCUT2D eigenvalue weighted by molar-refractivity contribution is 5.80. The maximum atomic E-state index is 12.0. The minimum Gasteiger partial charge on any atom is -0.369 e. The molecule has 0 fully saturated rings. The molecule has 2 rings (SSSR count). The third-order valence-corrected chi connectivity index (χ3v) is 3.57. The molecule has 0 saturated heterocycles. The van der Waals surface area contributed by atoms with Gasteiger partial charge in [0, 0.05) is 24.0 Å². The number of carbonyl (C=O) groups excluding carboxylic acids is 1. The van der Waals surface area contributed by atoms with Gasteiger partial charge in [0.1, 0.15) is 0 Å². The van der Waals surface area contributed by atoms with Crippen LogP contribution in [0.1, 0.15) is 31.9 Å². The van der Waals surface area contributed by atoms with Crippen LogP contribution in [0.4, 0.5) is 0 Å². The number of aryl methyl sites for hydroxylation is 1. The standard InChI is InChI=1S/C18H24N2O/c1-14-5-7-15(8-6-14)13-17(21)19-16-9-11-20(12-10-16)18(2,3)4/h5-11H,12-13H2,1-4H3,(H,19,21). The van der Waals surface area contributed by atoms with E-state index in [1.165, 1.54) is 5.56 Å². The Bertz CT molecular complexity index is 562. The van der Waals surface area contributed by atoms with E-state index in [-0.39, 0.29) is 11.4 Å². The van der Waals surface area contributed by atoms with E-state index in [0.29, 0.717) is 6.42 Å². The molecule has 0 bridgehead atoms. The summed E-state index contributed by atoms with van der Waals surface area (Å²) in [6.45, 7) is 9.38. The summed E-state index contributed by atoms with van der Waals surface area (Å²) in [5.41, 5.74) is 3.23. The number of hydrogen-bond acceptors (Lipinski definition) is 2. The van der Waals surface area contributed by atoms with Crippen molar-refractivity contribution in [3.8, 4) is 0 Å². The van der Waals surface area contributed by atoms with Crippen molar-refractivity contribution in [3.05, 3.63) is 59.4 Å². The molecule has 1 aromatic rings. The molecular formula is C18H24N2O. The monoisotopic (exact) mass is 284 g/mol. The zero-order valence-corrected chi connectivity index (χ0v) is 13.3. The smallest absolute Gasteiger partial charge is 0.228 e. The Morgan fingerprint density at radius 2 is 1.90 bits per heavy atom. The van der Waals surface area contributed by atoms with Crippen LogP contribution in [-0.4, -0.2) is 22.9 Å². The molecule has 0 radical (unpaired) electrons. The fourth-order valence-electron chi connectivity index (χ4n) is 2.18. The van der Waals surface area contributed by atoms with Crippen molar-refractivity contribution in [2.24, 2.45) is 0 Å². The van der Waals surface area contributed by atoms with Gasteiger partial charge in [0.15, 0.2) is 0 Å². The van der Waals surface area contributed by atoms with E-state index < -0.39 is 0 Å². The summed E-state index contributed by atoms with van der Waals surface area (Å²) in [5, 5.41) is 2.96. The van der Waals surface area contributed by atoms with Crippen LogP contribution >= 0.6 is 0 Å². The average Bonchev–Trinajstić information content (AvgIpc) is 2.41. The Morgan fingerprint density at radius 3 is 2.43 bits per heavy atom. The van der Waals surface area contributed by atoms with Crippen molar-refractivity contribution in [3.63, 3.8) is 0 Å². The topological polar surface area (TPSA) is 32.3 Å². The number of amides is 1. The molecule has 21 heavy (non-hydrogen) atoms. The van der Waals surface area contributed by atoms with Crippen LogP contribution in [-0.2, 0) is 11.2 Å². The maximum Gasteiger partial charge on any atom is 0.228 e. The second-order valence-corrected chi connectivity index (χ2v) is 6.51. The molecule has 1 N–H and O–H groups in total. The molecular weight excluding hydrogens is 260 g/mol. The third-order valence-electron chi connectivity index (χ3n) is 3.57. The molecule has 3 nitrogen and oxygen atoms in total. The first kappa shape index (κ1) is 15.4. The number of hydrogen-bond donors (Lipinski definition) is 1. The van der Waals surface area contributed by atoms with E-state index in [4.69, 9.17) is 0 Å². The van der Waals surface area contributed by atoms with Crippen molar-refractivity contribution in [2.45, 2.75) is 39.7 Å². The van der Waals surface area contributed by atoms with Crippen molar-refractivity contribution in [1.82, 2.24) is 10.2 Å². The predicted molar refractivity (Wildman–Crippen MR) is 86.7 cm³/mol. The Kier molecular flexibility index (Phi) is 4.51. The number of nitrogens with zero attached hydrogens (tertiary/aromatic N) is 1. The minimum atomic E-state index is 0.0268. The van der Waals surface area contributed by atoms with Gasteiger partial charge in [-0.15, -0.1) is 0 Å². The van der Waals surface area contributed by atoms with Gasteiger partial charge in [0.2, 0.25) is 5.91 Å². The lowest BCUT2D eigenvalue weighted by molar-refractivity contribution is -0.119. The van der Waals surface area contributed by atoms with Crippen LogP contribution in [0.3, 0.4) is 0 Å². The quantitative estimate of drug-likeness (QED) is 0.924. The molecule has 0 atom stereocenters.